The van der Waals surface area contributed by atoms with Crippen LogP contribution in [0, 0.1) is 23.6 Å². The van der Waals surface area contributed by atoms with E-state index in [2.05, 4.69) is 11.9 Å². The molecule has 0 heterocycles. The average Bonchev–Trinajstić information content (AvgIpc) is 2.94. The van der Waals surface area contributed by atoms with Crippen molar-refractivity contribution in [2.24, 2.45) is 23.5 Å². The SMILES string of the molecule is CN(CC1C2CCC(C2)C1N)c1ccc(F)cc1. The lowest BCUT2D eigenvalue weighted by Gasteiger charge is -2.32. The predicted octanol–water partition coefficient (Wildman–Crippen LogP) is 2.64. The van der Waals surface area contributed by atoms with Crippen molar-refractivity contribution in [1.29, 1.82) is 0 Å². The third-order valence-corrected chi connectivity index (χ3v) is 4.91. The molecule has 3 rings (SSSR count). The van der Waals surface area contributed by atoms with Crippen LogP contribution < -0.4 is 10.6 Å². The number of hydrogen-bond donors (Lipinski definition) is 1. The van der Waals surface area contributed by atoms with E-state index in [0.29, 0.717) is 12.0 Å². The van der Waals surface area contributed by atoms with Crippen LogP contribution in [0.5, 0.6) is 0 Å². The molecular formula is C15H21FN2. The van der Waals surface area contributed by atoms with Crippen LogP contribution in [-0.2, 0) is 0 Å². The monoisotopic (exact) mass is 248 g/mol. The zero-order valence-electron chi connectivity index (χ0n) is 10.8. The quantitative estimate of drug-likeness (QED) is 0.891. The number of nitrogens with zero attached hydrogens (tertiary/aromatic N) is 1. The van der Waals surface area contributed by atoms with Gasteiger partial charge in [-0.25, -0.2) is 4.39 Å². The summed E-state index contributed by atoms with van der Waals surface area (Å²) in [7, 11) is 2.08. The summed E-state index contributed by atoms with van der Waals surface area (Å²) >= 11 is 0. The van der Waals surface area contributed by atoms with Crippen LogP contribution in [0.15, 0.2) is 24.3 Å². The summed E-state index contributed by atoms with van der Waals surface area (Å²) < 4.78 is 12.9. The van der Waals surface area contributed by atoms with Crippen molar-refractivity contribution < 1.29 is 4.39 Å². The number of anilines is 1. The van der Waals surface area contributed by atoms with Crippen molar-refractivity contribution in [1.82, 2.24) is 0 Å². The lowest BCUT2D eigenvalue weighted by molar-refractivity contribution is 0.293. The first kappa shape index (κ1) is 12.0. The summed E-state index contributed by atoms with van der Waals surface area (Å²) in [5.74, 6) is 2.00. The largest absolute Gasteiger partial charge is 0.374 e. The third kappa shape index (κ3) is 2.01. The van der Waals surface area contributed by atoms with Gasteiger partial charge in [0.15, 0.2) is 0 Å². The van der Waals surface area contributed by atoms with Crippen molar-refractivity contribution in [3.8, 4) is 0 Å². The molecule has 2 bridgehead atoms. The standard InChI is InChI=1S/C15H21FN2/c1-18(13-6-4-12(16)5-7-13)9-14-10-2-3-11(8-10)15(14)17/h4-7,10-11,14-15H,2-3,8-9,17H2,1H3. The Morgan fingerprint density at radius 1 is 1.22 bits per heavy atom. The Balaban J connectivity index is 1.67. The zero-order valence-corrected chi connectivity index (χ0v) is 10.8. The molecule has 2 saturated carbocycles. The molecule has 0 radical (unpaired) electrons. The second kappa shape index (κ2) is 4.54. The van der Waals surface area contributed by atoms with Gasteiger partial charge in [0, 0.05) is 25.3 Å². The van der Waals surface area contributed by atoms with Crippen molar-refractivity contribution in [3.63, 3.8) is 0 Å². The highest BCUT2D eigenvalue weighted by Gasteiger charge is 2.45. The molecule has 4 atom stereocenters. The number of hydrogen-bond acceptors (Lipinski definition) is 2. The molecule has 0 aliphatic heterocycles. The minimum atomic E-state index is -0.177. The number of rotatable bonds is 3. The number of benzene rings is 1. The van der Waals surface area contributed by atoms with Crippen LogP contribution in [0.3, 0.4) is 0 Å². The molecule has 1 aromatic carbocycles. The minimum absolute atomic E-state index is 0.177. The number of fused-ring (bicyclic) bond motifs is 2. The molecule has 3 heteroatoms. The van der Waals surface area contributed by atoms with E-state index in [-0.39, 0.29) is 5.82 Å². The molecule has 98 valence electrons. The Labute approximate surface area is 108 Å². The van der Waals surface area contributed by atoms with Gasteiger partial charge >= 0.3 is 0 Å². The maximum Gasteiger partial charge on any atom is 0.123 e. The molecule has 0 saturated heterocycles. The summed E-state index contributed by atoms with van der Waals surface area (Å²) in [4.78, 5) is 2.21. The Hall–Kier alpha value is -1.09. The van der Waals surface area contributed by atoms with Crippen molar-refractivity contribution in [2.75, 3.05) is 18.5 Å². The van der Waals surface area contributed by atoms with E-state index in [9.17, 15) is 4.39 Å². The second-order valence-corrected chi connectivity index (χ2v) is 5.93. The van der Waals surface area contributed by atoms with E-state index >= 15 is 0 Å². The van der Waals surface area contributed by atoms with E-state index in [0.717, 1.165) is 24.1 Å². The minimum Gasteiger partial charge on any atom is -0.374 e. The molecule has 2 N–H and O–H groups in total. The maximum atomic E-state index is 12.9. The van der Waals surface area contributed by atoms with E-state index in [1.165, 1.54) is 31.4 Å². The van der Waals surface area contributed by atoms with Crippen LogP contribution in [-0.4, -0.2) is 19.6 Å². The normalized spacial score (nSPS) is 33.9. The van der Waals surface area contributed by atoms with Crippen LogP contribution >= 0.6 is 0 Å². The van der Waals surface area contributed by atoms with Crippen molar-refractivity contribution in [2.45, 2.75) is 25.3 Å². The highest BCUT2D eigenvalue weighted by atomic mass is 19.1. The Morgan fingerprint density at radius 3 is 2.50 bits per heavy atom. The van der Waals surface area contributed by atoms with Crippen LogP contribution in [0.2, 0.25) is 0 Å². The molecule has 18 heavy (non-hydrogen) atoms. The van der Waals surface area contributed by atoms with Gasteiger partial charge in [0.25, 0.3) is 0 Å². The van der Waals surface area contributed by atoms with Crippen LogP contribution in [0.25, 0.3) is 0 Å². The molecule has 4 unspecified atom stereocenters. The van der Waals surface area contributed by atoms with Gasteiger partial charge in [-0.15, -0.1) is 0 Å². The van der Waals surface area contributed by atoms with Crippen molar-refractivity contribution in [3.05, 3.63) is 30.1 Å². The van der Waals surface area contributed by atoms with Gasteiger partial charge in [-0.2, -0.15) is 0 Å². The van der Waals surface area contributed by atoms with Gasteiger partial charge in [-0.3, -0.25) is 0 Å². The van der Waals surface area contributed by atoms with Gasteiger partial charge in [-0.05, 0) is 61.3 Å². The highest BCUT2D eigenvalue weighted by Crippen LogP contribution is 2.47. The summed E-state index contributed by atoms with van der Waals surface area (Å²) in [5, 5.41) is 0. The molecule has 2 fully saturated rings. The maximum absolute atomic E-state index is 12.9. The summed E-state index contributed by atoms with van der Waals surface area (Å²) in [6.07, 6.45) is 3.99. The molecule has 0 spiro atoms. The van der Waals surface area contributed by atoms with Crippen LogP contribution in [0.1, 0.15) is 19.3 Å². The lowest BCUT2D eigenvalue weighted by Crippen LogP contribution is -2.41. The Bertz CT molecular complexity index is 415. The smallest absolute Gasteiger partial charge is 0.123 e. The summed E-state index contributed by atoms with van der Waals surface area (Å²) in [5.41, 5.74) is 7.40. The third-order valence-electron chi connectivity index (χ3n) is 4.91. The van der Waals surface area contributed by atoms with Crippen molar-refractivity contribution >= 4 is 5.69 Å². The van der Waals surface area contributed by atoms with Gasteiger partial charge in [-0.1, -0.05) is 0 Å². The zero-order chi connectivity index (χ0) is 12.7. The van der Waals surface area contributed by atoms with E-state index in [4.69, 9.17) is 5.73 Å². The Morgan fingerprint density at radius 2 is 1.89 bits per heavy atom. The lowest BCUT2D eigenvalue weighted by atomic mass is 9.84. The fraction of sp³-hybridized carbons (Fsp3) is 0.600. The van der Waals surface area contributed by atoms with E-state index in [1.54, 1.807) is 0 Å². The van der Waals surface area contributed by atoms with Gasteiger partial charge < -0.3 is 10.6 Å². The first-order chi connectivity index (χ1) is 8.65. The number of nitrogens with two attached hydrogens (primary N) is 1. The van der Waals surface area contributed by atoms with Gasteiger partial charge in [0.1, 0.15) is 5.82 Å². The topological polar surface area (TPSA) is 29.3 Å². The van der Waals surface area contributed by atoms with Gasteiger partial charge in [0.2, 0.25) is 0 Å². The fourth-order valence-corrected chi connectivity index (χ4v) is 3.84. The van der Waals surface area contributed by atoms with Gasteiger partial charge in [0.05, 0.1) is 0 Å². The highest BCUT2D eigenvalue weighted by molar-refractivity contribution is 5.45. The van der Waals surface area contributed by atoms with Crippen LogP contribution in [0.4, 0.5) is 10.1 Å². The second-order valence-electron chi connectivity index (χ2n) is 5.93. The molecule has 2 nitrogen and oxygen atoms in total. The first-order valence-electron chi connectivity index (χ1n) is 6.87. The predicted molar refractivity (Wildman–Crippen MR) is 72.0 cm³/mol. The molecular weight excluding hydrogens is 227 g/mol. The molecule has 1 aromatic rings. The summed E-state index contributed by atoms with van der Waals surface area (Å²) in [6.45, 7) is 0.994. The summed E-state index contributed by atoms with van der Waals surface area (Å²) in [6, 6.07) is 7.09. The Kier molecular flexibility index (Phi) is 3.02. The first-order valence-corrected chi connectivity index (χ1v) is 6.87. The molecule has 0 amide bonds. The van der Waals surface area contributed by atoms with E-state index < -0.39 is 0 Å². The average molecular weight is 248 g/mol. The fourth-order valence-electron chi connectivity index (χ4n) is 3.84. The van der Waals surface area contributed by atoms with E-state index in [1.807, 2.05) is 12.1 Å². The molecule has 2 aliphatic carbocycles. The molecule has 2 aliphatic rings. The number of halogens is 1. The molecule has 0 aromatic heterocycles.